The van der Waals surface area contributed by atoms with Gasteiger partial charge in [0.05, 0.1) is 16.4 Å². The van der Waals surface area contributed by atoms with E-state index in [1.807, 2.05) is 12.1 Å². The lowest BCUT2D eigenvalue weighted by Gasteiger charge is -2.04. The number of aromatic nitrogens is 4. The number of nitrogens with zero attached hydrogens (tertiary/aromatic N) is 4. The van der Waals surface area contributed by atoms with Gasteiger partial charge in [0.2, 0.25) is 5.65 Å². The van der Waals surface area contributed by atoms with Gasteiger partial charge >= 0.3 is 0 Å². The third kappa shape index (κ3) is 1.57. The molecule has 6 heteroatoms. The number of hydrogen-bond donors (Lipinski definition) is 0. The van der Waals surface area contributed by atoms with E-state index in [0.29, 0.717) is 37.6 Å². The van der Waals surface area contributed by atoms with Gasteiger partial charge < -0.3 is 5.21 Å². The van der Waals surface area contributed by atoms with Crippen molar-refractivity contribution in [1.82, 2.24) is 15.1 Å². The molecule has 0 aliphatic heterocycles. The molecular formula is C14H7ClN4O. The van der Waals surface area contributed by atoms with Crippen LogP contribution >= 0.6 is 11.6 Å². The molecule has 4 aromatic rings. The fourth-order valence-corrected chi connectivity index (χ4v) is 2.42. The highest BCUT2D eigenvalue weighted by atomic mass is 35.5. The molecule has 96 valence electrons. The Hall–Kier alpha value is -2.53. The molecular weight excluding hydrogens is 276 g/mol. The number of halogens is 1. The topological polar surface area (TPSA) is 65.6 Å². The van der Waals surface area contributed by atoms with Crippen molar-refractivity contribution in [1.29, 1.82) is 0 Å². The van der Waals surface area contributed by atoms with Gasteiger partial charge in [-0.05, 0) is 29.1 Å². The van der Waals surface area contributed by atoms with Crippen molar-refractivity contribution in [2.24, 2.45) is 0 Å². The van der Waals surface area contributed by atoms with E-state index in [0.717, 1.165) is 5.39 Å². The van der Waals surface area contributed by atoms with Crippen LogP contribution in [0.5, 0.6) is 0 Å². The molecule has 0 unspecified atom stereocenters. The lowest BCUT2D eigenvalue weighted by molar-refractivity contribution is -0.640. The highest BCUT2D eigenvalue weighted by Crippen LogP contribution is 2.22. The number of para-hydroxylation sites is 1. The average molecular weight is 283 g/mol. The lowest BCUT2D eigenvalue weighted by atomic mass is 10.2. The monoisotopic (exact) mass is 282 g/mol. The molecule has 0 bridgehead atoms. The third-order valence-electron chi connectivity index (χ3n) is 3.16. The number of fused-ring (bicyclic) bond motifs is 4. The van der Waals surface area contributed by atoms with E-state index >= 15 is 0 Å². The van der Waals surface area contributed by atoms with Crippen molar-refractivity contribution in [2.75, 3.05) is 0 Å². The van der Waals surface area contributed by atoms with Gasteiger partial charge in [0.25, 0.3) is 5.52 Å². The summed E-state index contributed by atoms with van der Waals surface area (Å²) in [5.41, 5.74) is 2.73. The van der Waals surface area contributed by atoms with Crippen molar-refractivity contribution in [2.45, 2.75) is 0 Å². The van der Waals surface area contributed by atoms with Crippen molar-refractivity contribution in [3.8, 4) is 0 Å². The zero-order valence-electron chi connectivity index (χ0n) is 10.1. The minimum absolute atomic E-state index is 0.327. The Kier molecular flexibility index (Phi) is 2.25. The fourth-order valence-electron chi connectivity index (χ4n) is 2.25. The van der Waals surface area contributed by atoms with Crippen LogP contribution in [0.3, 0.4) is 0 Å². The molecule has 2 heterocycles. The summed E-state index contributed by atoms with van der Waals surface area (Å²) < 4.78 is 0. The van der Waals surface area contributed by atoms with E-state index in [4.69, 9.17) is 11.6 Å². The van der Waals surface area contributed by atoms with Crippen LogP contribution < -0.4 is 4.85 Å². The average Bonchev–Trinajstić information content (AvgIpc) is 2.46. The smallest absolute Gasteiger partial charge is 0.254 e. The second-order valence-corrected chi connectivity index (χ2v) is 4.86. The molecule has 4 rings (SSSR count). The number of benzene rings is 2. The van der Waals surface area contributed by atoms with Gasteiger partial charge in [0.15, 0.2) is 0 Å². The summed E-state index contributed by atoms with van der Waals surface area (Å²) in [6, 6.07) is 12.4. The number of hydrogen-bond acceptors (Lipinski definition) is 4. The van der Waals surface area contributed by atoms with Crippen LogP contribution in [0.15, 0.2) is 42.5 Å². The van der Waals surface area contributed by atoms with E-state index in [1.165, 1.54) is 0 Å². The van der Waals surface area contributed by atoms with Crippen LogP contribution in [-0.4, -0.2) is 15.1 Å². The second-order valence-electron chi connectivity index (χ2n) is 4.42. The van der Waals surface area contributed by atoms with Gasteiger partial charge in [0.1, 0.15) is 5.52 Å². The van der Waals surface area contributed by atoms with E-state index < -0.39 is 0 Å². The molecule has 0 spiro atoms. The van der Waals surface area contributed by atoms with Gasteiger partial charge in [-0.1, -0.05) is 23.7 Å². The van der Waals surface area contributed by atoms with Crippen LogP contribution in [-0.2, 0) is 0 Å². The Morgan fingerprint density at radius 3 is 2.75 bits per heavy atom. The molecule has 0 amide bonds. The molecule has 0 N–H and O–H groups in total. The van der Waals surface area contributed by atoms with E-state index in [2.05, 4.69) is 15.1 Å². The molecule has 2 aromatic carbocycles. The summed E-state index contributed by atoms with van der Waals surface area (Å²) in [7, 11) is 0. The van der Waals surface area contributed by atoms with Gasteiger partial charge in [-0.25, -0.2) is 9.97 Å². The summed E-state index contributed by atoms with van der Waals surface area (Å²) >= 11 is 5.98. The largest absolute Gasteiger partial charge is 0.594 e. The standard InChI is InChI=1S/C14H7ClN4O/c15-8-5-6-10-11(7-8)16-13-9-3-1-2-4-12(9)19(20)18-14(13)17-10/h1-7H. The maximum absolute atomic E-state index is 11.9. The first-order valence-corrected chi connectivity index (χ1v) is 6.36. The second kappa shape index (κ2) is 3.98. The van der Waals surface area contributed by atoms with Crippen LogP contribution in [0.1, 0.15) is 0 Å². The Balaban J connectivity index is 2.25. The quantitative estimate of drug-likeness (QED) is 0.215. The van der Waals surface area contributed by atoms with Gasteiger partial charge in [-0.15, -0.1) is 0 Å². The van der Waals surface area contributed by atoms with Gasteiger partial charge in [0, 0.05) is 16.2 Å². The first kappa shape index (κ1) is 11.3. The molecule has 0 radical (unpaired) electrons. The minimum Gasteiger partial charge on any atom is -0.594 e. The van der Waals surface area contributed by atoms with E-state index in [-0.39, 0.29) is 0 Å². The first-order chi connectivity index (χ1) is 9.72. The Bertz CT molecular complexity index is 987. The van der Waals surface area contributed by atoms with E-state index in [9.17, 15) is 5.21 Å². The minimum atomic E-state index is 0.327. The normalized spacial score (nSPS) is 11.4. The zero-order valence-corrected chi connectivity index (χ0v) is 10.9. The molecule has 0 saturated carbocycles. The Labute approximate surface area is 118 Å². The molecule has 0 saturated heterocycles. The van der Waals surface area contributed by atoms with Crippen LogP contribution in [0.25, 0.3) is 33.1 Å². The van der Waals surface area contributed by atoms with Crippen molar-refractivity contribution >= 4 is 44.7 Å². The molecule has 0 fully saturated rings. The molecule has 0 aliphatic carbocycles. The maximum Gasteiger partial charge on any atom is 0.254 e. The van der Waals surface area contributed by atoms with Gasteiger partial charge in [-0.3, -0.25) is 0 Å². The summed E-state index contributed by atoms with van der Waals surface area (Å²) in [6.07, 6.45) is 0. The highest BCUT2D eigenvalue weighted by Gasteiger charge is 2.14. The Morgan fingerprint density at radius 2 is 1.85 bits per heavy atom. The van der Waals surface area contributed by atoms with Crippen molar-refractivity contribution in [3.05, 3.63) is 52.7 Å². The molecule has 5 nitrogen and oxygen atoms in total. The summed E-state index contributed by atoms with van der Waals surface area (Å²) in [5.74, 6) is 0. The van der Waals surface area contributed by atoms with E-state index in [1.54, 1.807) is 30.3 Å². The highest BCUT2D eigenvalue weighted by molar-refractivity contribution is 6.31. The lowest BCUT2D eigenvalue weighted by Crippen LogP contribution is -2.32. The summed E-state index contributed by atoms with van der Waals surface area (Å²) in [6.45, 7) is 0. The number of rotatable bonds is 0. The molecule has 20 heavy (non-hydrogen) atoms. The molecule has 0 aliphatic rings. The molecule has 0 atom stereocenters. The maximum atomic E-state index is 11.9. The van der Waals surface area contributed by atoms with Crippen LogP contribution in [0, 0.1) is 5.21 Å². The predicted octanol–water partition coefficient (Wildman–Crippen LogP) is 2.62. The van der Waals surface area contributed by atoms with Crippen molar-refractivity contribution < 1.29 is 4.85 Å². The summed E-state index contributed by atoms with van der Waals surface area (Å²) in [5, 5.41) is 17.1. The SMILES string of the molecule is [O-][n+]1nc2nc3ccc(Cl)cc3nc2c2ccccc21. The van der Waals surface area contributed by atoms with Crippen LogP contribution in [0.2, 0.25) is 5.02 Å². The molecule has 2 aromatic heterocycles. The summed E-state index contributed by atoms with van der Waals surface area (Å²) in [4.78, 5) is 9.50. The Morgan fingerprint density at radius 1 is 1.00 bits per heavy atom. The van der Waals surface area contributed by atoms with Crippen molar-refractivity contribution in [3.63, 3.8) is 0 Å². The van der Waals surface area contributed by atoms with Crippen LogP contribution in [0.4, 0.5) is 0 Å². The third-order valence-corrected chi connectivity index (χ3v) is 3.39. The fraction of sp³-hybridized carbons (Fsp3) is 0. The van der Waals surface area contributed by atoms with Gasteiger partial charge in [-0.2, -0.15) is 0 Å². The first-order valence-electron chi connectivity index (χ1n) is 5.98. The zero-order chi connectivity index (χ0) is 13.7. The predicted molar refractivity (Wildman–Crippen MR) is 76.3 cm³/mol.